The predicted octanol–water partition coefficient (Wildman–Crippen LogP) is 4.66. The van der Waals surface area contributed by atoms with E-state index in [4.69, 9.17) is 23.2 Å². The summed E-state index contributed by atoms with van der Waals surface area (Å²) in [5, 5.41) is 7.67. The third-order valence-electron chi connectivity index (χ3n) is 4.16. The van der Waals surface area contributed by atoms with Crippen molar-refractivity contribution < 1.29 is 4.79 Å². The molecular weight excluding hydrogens is 343 g/mol. The number of nitrogens with one attached hydrogen (secondary N) is 2. The van der Waals surface area contributed by atoms with E-state index in [1.165, 1.54) is 0 Å². The summed E-state index contributed by atoms with van der Waals surface area (Å²) in [7, 11) is 0. The van der Waals surface area contributed by atoms with Crippen molar-refractivity contribution in [1.29, 1.82) is 0 Å². The van der Waals surface area contributed by atoms with Gasteiger partial charge in [-0.15, -0.1) is 0 Å². The van der Waals surface area contributed by atoms with Gasteiger partial charge in [-0.1, -0.05) is 59.6 Å². The molecule has 2 N–H and O–H groups in total. The molecule has 126 valence electrons. The van der Waals surface area contributed by atoms with Crippen LogP contribution in [0.5, 0.6) is 0 Å². The third-order valence-corrected chi connectivity index (χ3v) is 4.73. The molecule has 0 unspecified atom stereocenters. The Bertz CT molecular complexity index is 717. The van der Waals surface area contributed by atoms with Gasteiger partial charge >= 0.3 is 0 Å². The van der Waals surface area contributed by atoms with Gasteiger partial charge in [0.15, 0.2) is 0 Å². The van der Waals surface area contributed by atoms with E-state index in [1.807, 2.05) is 49.4 Å². The molecular formula is C19H20Cl2N2O. The Labute approximate surface area is 152 Å². The van der Waals surface area contributed by atoms with E-state index in [2.05, 4.69) is 10.6 Å². The van der Waals surface area contributed by atoms with Crippen molar-refractivity contribution in [2.45, 2.75) is 37.9 Å². The SMILES string of the molecule is C[C@@H](N[C@@H](C(=O)NC1CC1)c1ccccc1)c1ccc(Cl)cc1Cl. The topological polar surface area (TPSA) is 41.1 Å². The van der Waals surface area contributed by atoms with Crippen LogP contribution in [0.4, 0.5) is 0 Å². The molecule has 24 heavy (non-hydrogen) atoms. The molecule has 0 radical (unpaired) electrons. The number of benzene rings is 2. The van der Waals surface area contributed by atoms with Gasteiger partial charge in [-0.2, -0.15) is 0 Å². The van der Waals surface area contributed by atoms with E-state index in [9.17, 15) is 4.79 Å². The molecule has 5 heteroatoms. The van der Waals surface area contributed by atoms with Crippen LogP contribution >= 0.6 is 23.2 Å². The molecule has 1 aliphatic rings. The van der Waals surface area contributed by atoms with Crippen molar-refractivity contribution in [3.63, 3.8) is 0 Å². The van der Waals surface area contributed by atoms with Crippen LogP contribution in [-0.2, 0) is 4.79 Å². The first kappa shape index (κ1) is 17.3. The predicted molar refractivity (Wildman–Crippen MR) is 98.4 cm³/mol. The van der Waals surface area contributed by atoms with Crippen LogP contribution in [0.15, 0.2) is 48.5 Å². The molecule has 2 aromatic carbocycles. The summed E-state index contributed by atoms with van der Waals surface area (Å²) < 4.78 is 0. The summed E-state index contributed by atoms with van der Waals surface area (Å²) in [4.78, 5) is 12.7. The van der Waals surface area contributed by atoms with Crippen LogP contribution in [0.1, 0.15) is 43.0 Å². The highest BCUT2D eigenvalue weighted by molar-refractivity contribution is 6.35. The summed E-state index contributed by atoms with van der Waals surface area (Å²) in [6.45, 7) is 2.00. The van der Waals surface area contributed by atoms with E-state index in [1.54, 1.807) is 6.07 Å². The van der Waals surface area contributed by atoms with Gasteiger partial charge in [0.2, 0.25) is 5.91 Å². The second-order valence-corrected chi connectivity index (χ2v) is 7.02. The Morgan fingerprint density at radius 1 is 1.12 bits per heavy atom. The lowest BCUT2D eigenvalue weighted by Gasteiger charge is -2.24. The summed E-state index contributed by atoms with van der Waals surface area (Å²) >= 11 is 12.3. The molecule has 3 nitrogen and oxygen atoms in total. The molecule has 1 amide bonds. The number of halogens is 2. The fourth-order valence-corrected chi connectivity index (χ4v) is 3.25. The van der Waals surface area contributed by atoms with Crippen LogP contribution in [-0.4, -0.2) is 11.9 Å². The number of rotatable bonds is 6. The minimum Gasteiger partial charge on any atom is -0.352 e. The van der Waals surface area contributed by atoms with Gasteiger partial charge < -0.3 is 5.32 Å². The Morgan fingerprint density at radius 2 is 1.83 bits per heavy atom. The van der Waals surface area contributed by atoms with E-state index in [0.717, 1.165) is 24.0 Å². The van der Waals surface area contributed by atoms with E-state index in [-0.39, 0.29) is 11.9 Å². The average Bonchev–Trinajstić information content (AvgIpc) is 3.37. The second kappa shape index (κ2) is 7.56. The molecule has 1 saturated carbocycles. The molecule has 1 fully saturated rings. The average molecular weight is 363 g/mol. The molecule has 0 bridgehead atoms. The van der Waals surface area contributed by atoms with Crippen LogP contribution < -0.4 is 10.6 Å². The van der Waals surface area contributed by atoms with Crippen molar-refractivity contribution in [2.75, 3.05) is 0 Å². The third kappa shape index (κ3) is 4.29. The van der Waals surface area contributed by atoms with Crippen LogP contribution in [0.3, 0.4) is 0 Å². The standard InChI is InChI=1S/C19H20Cl2N2O/c1-12(16-10-7-14(20)11-17(16)21)22-18(13-5-3-2-4-6-13)19(24)23-15-8-9-15/h2-7,10-12,15,18,22H,8-9H2,1H3,(H,23,24)/t12-,18-/m1/s1. The molecule has 0 aliphatic heterocycles. The Morgan fingerprint density at radius 3 is 2.46 bits per heavy atom. The van der Waals surface area contributed by atoms with Crippen molar-refractivity contribution in [3.05, 3.63) is 69.7 Å². The quantitative estimate of drug-likeness (QED) is 0.784. The maximum absolute atomic E-state index is 12.7. The van der Waals surface area contributed by atoms with Crippen LogP contribution in [0, 0.1) is 0 Å². The smallest absolute Gasteiger partial charge is 0.241 e. The second-order valence-electron chi connectivity index (χ2n) is 6.18. The Balaban J connectivity index is 1.81. The first-order chi connectivity index (χ1) is 11.5. The zero-order valence-corrected chi connectivity index (χ0v) is 14.9. The first-order valence-corrected chi connectivity index (χ1v) is 8.86. The van der Waals surface area contributed by atoms with Gasteiger partial charge in [-0.05, 0) is 43.0 Å². The van der Waals surface area contributed by atoms with Crippen molar-refractivity contribution in [2.24, 2.45) is 0 Å². The molecule has 0 saturated heterocycles. The molecule has 2 atom stereocenters. The van der Waals surface area contributed by atoms with Gasteiger partial charge in [0.1, 0.15) is 6.04 Å². The number of carbonyl (C=O) groups excluding carboxylic acids is 1. The van der Waals surface area contributed by atoms with Gasteiger partial charge in [-0.25, -0.2) is 0 Å². The number of amides is 1. The van der Waals surface area contributed by atoms with Gasteiger partial charge in [0.25, 0.3) is 0 Å². The lowest BCUT2D eigenvalue weighted by atomic mass is 10.0. The maximum Gasteiger partial charge on any atom is 0.241 e. The van der Waals surface area contributed by atoms with Gasteiger partial charge in [-0.3, -0.25) is 10.1 Å². The molecule has 2 aromatic rings. The van der Waals surface area contributed by atoms with Gasteiger partial charge in [0.05, 0.1) is 0 Å². The van der Waals surface area contributed by atoms with Crippen molar-refractivity contribution in [1.82, 2.24) is 10.6 Å². The molecule has 0 spiro atoms. The molecule has 3 rings (SSSR count). The highest BCUT2D eigenvalue weighted by Crippen LogP contribution is 2.29. The summed E-state index contributed by atoms with van der Waals surface area (Å²) in [6.07, 6.45) is 2.12. The monoisotopic (exact) mass is 362 g/mol. The van der Waals surface area contributed by atoms with Crippen LogP contribution in [0.25, 0.3) is 0 Å². The number of carbonyl (C=O) groups is 1. The zero-order valence-electron chi connectivity index (χ0n) is 13.4. The largest absolute Gasteiger partial charge is 0.352 e. The van der Waals surface area contributed by atoms with E-state index in [0.29, 0.717) is 16.1 Å². The normalized spacial score (nSPS) is 16.5. The maximum atomic E-state index is 12.7. The van der Waals surface area contributed by atoms with E-state index < -0.39 is 6.04 Å². The molecule has 1 aliphatic carbocycles. The summed E-state index contributed by atoms with van der Waals surface area (Å²) in [6, 6.07) is 15.0. The number of hydrogen-bond donors (Lipinski definition) is 2. The summed E-state index contributed by atoms with van der Waals surface area (Å²) in [5.41, 5.74) is 1.86. The van der Waals surface area contributed by atoms with E-state index >= 15 is 0 Å². The first-order valence-electron chi connectivity index (χ1n) is 8.11. The highest BCUT2D eigenvalue weighted by Gasteiger charge is 2.29. The lowest BCUT2D eigenvalue weighted by molar-refractivity contribution is -0.123. The fourth-order valence-electron chi connectivity index (χ4n) is 2.67. The minimum atomic E-state index is -0.423. The van der Waals surface area contributed by atoms with Crippen molar-refractivity contribution in [3.8, 4) is 0 Å². The van der Waals surface area contributed by atoms with Crippen LogP contribution in [0.2, 0.25) is 10.0 Å². The number of hydrogen-bond acceptors (Lipinski definition) is 2. The summed E-state index contributed by atoms with van der Waals surface area (Å²) in [5.74, 6) is 0.000589. The lowest BCUT2D eigenvalue weighted by Crippen LogP contribution is -2.39. The minimum absolute atomic E-state index is 0.000589. The Kier molecular flexibility index (Phi) is 5.44. The zero-order chi connectivity index (χ0) is 17.1. The van der Waals surface area contributed by atoms with Gasteiger partial charge in [0, 0.05) is 22.1 Å². The molecule has 0 aromatic heterocycles. The Hall–Kier alpha value is -1.55. The highest BCUT2D eigenvalue weighted by atomic mass is 35.5. The van der Waals surface area contributed by atoms with Crippen molar-refractivity contribution >= 4 is 29.1 Å². The molecule has 0 heterocycles. The fraction of sp³-hybridized carbons (Fsp3) is 0.316.